The fourth-order valence-corrected chi connectivity index (χ4v) is 3.83. The van der Waals surface area contributed by atoms with Gasteiger partial charge in [-0.15, -0.1) is 0 Å². The van der Waals surface area contributed by atoms with Gasteiger partial charge in [0, 0.05) is 0 Å². The molecule has 2 aliphatic heterocycles. The SMILES string of the molecule is CC1(C)CCC(C(=O)OCCCCOC(=O)C2CCC3(C)OC3C2)CO1. The van der Waals surface area contributed by atoms with Crippen LogP contribution in [-0.4, -0.2) is 49.1 Å². The molecule has 0 aromatic rings. The molecular weight excluding hydrogens is 336 g/mol. The molecule has 3 fully saturated rings. The van der Waals surface area contributed by atoms with E-state index in [2.05, 4.69) is 6.92 Å². The van der Waals surface area contributed by atoms with E-state index in [1.807, 2.05) is 13.8 Å². The first-order valence-corrected chi connectivity index (χ1v) is 9.94. The van der Waals surface area contributed by atoms with Crippen molar-refractivity contribution in [2.75, 3.05) is 19.8 Å². The summed E-state index contributed by atoms with van der Waals surface area (Å²) in [6, 6.07) is 0. The second-order valence-corrected chi connectivity index (χ2v) is 8.74. The molecular formula is C20H32O6. The van der Waals surface area contributed by atoms with Crippen molar-refractivity contribution < 1.29 is 28.5 Å². The smallest absolute Gasteiger partial charge is 0.311 e. The number of ether oxygens (including phenoxy) is 4. The Morgan fingerprint density at radius 2 is 1.58 bits per heavy atom. The number of hydrogen-bond donors (Lipinski definition) is 0. The first kappa shape index (κ1) is 19.6. The number of carbonyl (C=O) groups excluding carboxylic acids is 2. The molecule has 0 amide bonds. The van der Waals surface area contributed by atoms with Gasteiger partial charge in [0.1, 0.15) is 0 Å². The lowest BCUT2D eigenvalue weighted by Gasteiger charge is -2.33. The largest absolute Gasteiger partial charge is 0.465 e. The Bertz CT molecular complexity index is 520. The van der Waals surface area contributed by atoms with E-state index in [0.717, 1.165) is 32.1 Å². The van der Waals surface area contributed by atoms with Gasteiger partial charge < -0.3 is 18.9 Å². The first-order chi connectivity index (χ1) is 12.3. The highest BCUT2D eigenvalue weighted by atomic mass is 16.6. The molecule has 3 rings (SSSR count). The van der Waals surface area contributed by atoms with Crippen LogP contribution in [0.25, 0.3) is 0 Å². The average molecular weight is 368 g/mol. The Morgan fingerprint density at radius 3 is 2.15 bits per heavy atom. The zero-order valence-electron chi connectivity index (χ0n) is 16.3. The van der Waals surface area contributed by atoms with Crippen LogP contribution < -0.4 is 0 Å². The fourth-order valence-electron chi connectivity index (χ4n) is 3.83. The second-order valence-electron chi connectivity index (χ2n) is 8.74. The Balaban J connectivity index is 1.21. The lowest BCUT2D eigenvalue weighted by atomic mass is 9.83. The Labute approximate surface area is 155 Å². The van der Waals surface area contributed by atoms with Gasteiger partial charge in [-0.05, 0) is 65.7 Å². The highest BCUT2D eigenvalue weighted by Gasteiger charge is 2.56. The van der Waals surface area contributed by atoms with Gasteiger partial charge in [0.25, 0.3) is 0 Å². The highest BCUT2D eigenvalue weighted by Crippen LogP contribution is 2.49. The molecule has 2 heterocycles. The predicted octanol–water partition coefficient (Wildman–Crippen LogP) is 3.02. The van der Waals surface area contributed by atoms with Crippen molar-refractivity contribution in [1.29, 1.82) is 0 Å². The molecule has 4 atom stereocenters. The molecule has 0 bridgehead atoms. The minimum atomic E-state index is -0.174. The van der Waals surface area contributed by atoms with E-state index in [-0.39, 0.29) is 41.1 Å². The van der Waals surface area contributed by atoms with Gasteiger partial charge in [-0.25, -0.2) is 0 Å². The summed E-state index contributed by atoms with van der Waals surface area (Å²) in [5.41, 5.74) is -0.108. The number of carbonyl (C=O) groups is 2. The summed E-state index contributed by atoms with van der Waals surface area (Å²) in [5.74, 6) is -0.458. The van der Waals surface area contributed by atoms with Gasteiger partial charge >= 0.3 is 11.9 Å². The van der Waals surface area contributed by atoms with Crippen LogP contribution >= 0.6 is 0 Å². The lowest BCUT2D eigenvalue weighted by Crippen LogP contribution is -2.37. The van der Waals surface area contributed by atoms with Crippen molar-refractivity contribution in [2.24, 2.45) is 11.8 Å². The van der Waals surface area contributed by atoms with Crippen molar-refractivity contribution >= 4 is 11.9 Å². The molecule has 2 saturated heterocycles. The van der Waals surface area contributed by atoms with E-state index >= 15 is 0 Å². The van der Waals surface area contributed by atoms with Gasteiger partial charge in [-0.2, -0.15) is 0 Å². The summed E-state index contributed by atoms with van der Waals surface area (Å²) < 4.78 is 22.0. The molecule has 4 unspecified atom stereocenters. The molecule has 148 valence electrons. The number of fused-ring (bicyclic) bond motifs is 1. The van der Waals surface area contributed by atoms with Gasteiger partial charge in [0.05, 0.1) is 49.0 Å². The monoisotopic (exact) mass is 368 g/mol. The van der Waals surface area contributed by atoms with Gasteiger partial charge in [0.2, 0.25) is 0 Å². The maximum Gasteiger partial charge on any atom is 0.311 e. The molecule has 0 N–H and O–H groups in total. The molecule has 0 aromatic carbocycles. The van der Waals surface area contributed by atoms with Crippen LogP contribution in [0.4, 0.5) is 0 Å². The summed E-state index contributed by atoms with van der Waals surface area (Å²) in [7, 11) is 0. The van der Waals surface area contributed by atoms with Crippen molar-refractivity contribution in [1.82, 2.24) is 0 Å². The van der Waals surface area contributed by atoms with E-state index in [1.165, 1.54) is 0 Å². The van der Waals surface area contributed by atoms with Crippen molar-refractivity contribution in [2.45, 2.75) is 83.0 Å². The van der Waals surface area contributed by atoms with E-state index < -0.39 is 0 Å². The standard InChI is InChI=1S/C20H32O6/c1-19(2)8-6-15(13-25-19)18(22)24-11-5-4-10-23-17(21)14-7-9-20(3)16(12-14)26-20/h14-16H,4-13H2,1-3H3. The zero-order valence-corrected chi connectivity index (χ0v) is 16.3. The summed E-state index contributed by atoms with van der Waals surface area (Å²) in [6.45, 7) is 7.39. The molecule has 3 aliphatic rings. The Kier molecular flexibility index (Phi) is 5.92. The second kappa shape index (κ2) is 7.85. The minimum absolute atomic E-state index is 0.0241. The highest BCUT2D eigenvalue weighted by molar-refractivity contribution is 5.73. The first-order valence-electron chi connectivity index (χ1n) is 9.94. The van der Waals surface area contributed by atoms with Crippen molar-refractivity contribution in [3.63, 3.8) is 0 Å². The maximum absolute atomic E-state index is 12.1. The summed E-state index contributed by atoms with van der Waals surface area (Å²) in [5, 5.41) is 0. The number of unbranched alkanes of at least 4 members (excludes halogenated alkanes) is 1. The van der Waals surface area contributed by atoms with Crippen LogP contribution in [0.15, 0.2) is 0 Å². The summed E-state index contributed by atoms with van der Waals surface area (Å²) in [4.78, 5) is 24.1. The van der Waals surface area contributed by atoms with Crippen LogP contribution in [0.2, 0.25) is 0 Å². The van der Waals surface area contributed by atoms with Crippen molar-refractivity contribution in [3.05, 3.63) is 0 Å². The molecule has 1 saturated carbocycles. The third-order valence-electron chi connectivity index (χ3n) is 5.99. The van der Waals surface area contributed by atoms with E-state index in [0.29, 0.717) is 32.7 Å². The third kappa shape index (κ3) is 4.97. The van der Waals surface area contributed by atoms with Crippen LogP contribution in [0, 0.1) is 11.8 Å². The quantitative estimate of drug-likeness (QED) is 0.391. The zero-order chi connectivity index (χ0) is 18.8. The van der Waals surface area contributed by atoms with Crippen molar-refractivity contribution in [3.8, 4) is 0 Å². The molecule has 6 nitrogen and oxygen atoms in total. The van der Waals surface area contributed by atoms with Crippen LogP contribution in [0.3, 0.4) is 0 Å². The fraction of sp³-hybridized carbons (Fsp3) is 0.900. The lowest BCUT2D eigenvalue weighted by molar-refractivity contribution is -0.160. The molecule has 1 aliphatic carbocycles. The number of epoxide rings is 1. The molecule has 26 heavy (non-hydrogen) atoms. The normalized spacial score (nSPS) is 35.3. The third-order valence-corrected chi connectivity index (χ3v) is 5.99. The predicted molar refractivity (Wildman–Crippen MR) is 94.5 cm³/mol. The topological polar surface area (TPSA) is 74.4 Å². The number of esters is 2. The summed E-state index contributed by atoms with van der Waals surface area (Å²) >= 11 is 0. The molecule has 6 heteroatoms. The Morgan fingerprint density at radius 1 is 0.962 bits per heavy atom. The van der Waals surface area contributed by atoms with E-state index in [1.54, 1.807) is 0 Å². The number of rotatable bonds is 7. The average Bonchev–Trinajstić information content (AvgIpc) is 3.27. The molecule has 0 spiro atoms. The molecule has 0 radical (unpaired) electrons. The summed E-state index contributed by atoms with van der Waals surface area (Å²) in [6.07, 6.45) is 5.91. The Hall–Kier alpha value is -1.14. The molecule has 0 aromatic heterocycles. The van der Waals surface area contributed by atoms with Gasteiger partial charge in [-0.1, -0.05) is 0 Å². The maximum atomic E-state index is 12.1. The van der Waals surface area contributed by atoms with Crippen LogP contribution in [0.1, 0.15) is 65.7 Å². The van der Waals surface area contributed by atoms with Gasteiger partial charge in [-0.3, -0.25) is 9.59 Å². The van der Waals surface area contributed by atoms with E-state index in [4.69, 9.17) is 18.9 Å². The van der Waals surface area contributed by atoms with E-state index in [9.17, 15) is 9.59 Å². The minimum Gasteiger partial charge on any atom is -0.465 e. The van der Waals surface area contributed by atoms with Gasteiger partial charge in [0.15, 0.2) is 0 Å². The van der Waals surface area contributed by atoms with Crippen LogP contribution in [0.5, 0.6) is 0 Å². The number of hydrogen-bond acceptors (Lipinski definition) is 6. The van der Waals surface area contributed by atoms with Crippen LogP contribution in [-0.2, 0) is 28.5 Å².